The molecule has 3 rings (SSSR count). The van der Waals surface area contributed by atoms with Crippen LogP contribution in [0.15, 0.2) is 24.3 Å². The Balaban J connectivity index is 2.00. The summed E-state index contributed by atoms with van der Waals surface area (Å²) in [6, 6.07) is 7.46. The minimum atomic E-state index is -0.877. The summed E-state index contributed by atoms with van der Waals surface area (Å²) in [5.41, 5.74) is 0.923. The summed E-state index contributed by atoms with van der Waals surface area (Å²) in [7, 11) is 0. The average molecular weight is 304 g/mol. The Labute approximate surface area is 129 Å². The molecular weight excluding hydrogens is 284 g/mol. The van der Waals surface area contributed by atoms with Crippen molar-refractivity contribution < 1.29 is 23.8 Å². The maximum Gasteiger partial charge on any atom is 0.326 e. The lowest BCUT2D eigenvalue weighted by Gasteiger charge is -2.37. The van der Waals surface area contributed by atoms with Crippen molar-refractivity contribution in [2.45, 2.75) is 25.7 Å². The molecule has 0 radical (unpaired) electrons. The van der Waals surface area contributed by atoms with Crippen molar-refractivity contribution >= 4 is 11.9 Å². The van der Waals surface area contributed by atoms with Gasteiger partial charge in [-0.1, -0.05) is 18.2 Å². The predicted octanol–water partition coefficient (Wildman–Crippen LogP) is 2.30. The lowest BCUT2D eigenvalue weighted by molar-refractivity contribution is -0.160. The lowest BCUT2D eigenvalue weighted by Crippen LogP contribution is -2.42. The summed E-state index contributed by atoms with van der Waals surface area (Å²) in [6.45, 7) is 3.32. The Hall–Kier alpha value is -1.88. The summed E-state index contributed by atoms with van der Waals surface area (Å²) in [6.07, 6.45) is 1.67. The van der Waals surface area contributed by atoms with E-state index in [4.69, 9.17) is 14.2 Å². The first-order chi connectivity index (χ1) is 10.7. The molecule has 5 nitrogen and oxygen atoms in total. The van der Waals surface area contributed by atoms with Gasteiger partial charge >= 0.3 is 11.9 Å². The second-order valence-electron chi connectivity index (χ2n) is 5.66. The van der Waals surface area contributed by atoms with Crippen LogP contribution < -0.4 is 4.74 Å². The summed E-state index contributed by atoms with van der Waals surface area (Å²) < 4.78 is 15.9. The van der Waals surface area contributed by atoms with Gasteiger partial charge in [0.15, 0.2) is 5.92 Å². The van der Waals surface area contributed by atoms with Crippen LogP contribution in [0.5, 0.6) is 5.75 Å². The molecule has 2 atom stereocenters. The molecule has 22 heavy (non-hydrogen) atoms. The number of hydrogen-bond acceptors (Lipinski definition) is 5. The Morgan fingerprint density at radius 2 is 2.00 bits per heavy atom. The first-order valence-corrected chi connectivity index (χ1v) is 7.77. The smallest absolute Gasteiger partial charge is 0.326 e. The minimum absolute atomic E-state index is 0.194. The number of hydrogen-bond donors (Lipinski definition) is 0. The number of benzene rings is 1. The molecule has 2 aliphatic heterocycles. The summed E-state index contributed by atoms with van der Waals surface area (Å²) >= 11 is 0. The number of esters is 2. The van der Waals surface area contributed by atoms with Crippen molar-refractivity contribution in [1.82, 2.24) is 0 Å². The van der Waals surface area contributed by atoms with Gasteiger partial charge in [-0.2, -0.15) is 0 Å². The van der Waals surface area contributed by atoms with Crippen LogP contribution in [0.2, 0.25) is 0 Å². The average Bonchev–Trinajstić information content (AvgIpc) is 2.54. The SMILES string of the molecule is CCOC(=O)C1C(=O)Oc2ccccc2[C@H]1C1CCOCC1. The highest BCUT2D eigenvalue weighted by atomic mass is 16.6. The van der Waals surface area contributed by atoms with Crippen LogP contribution in [-0.4, -0.2) is 31.8 Å². The maximum atomic E-state index is 12.4. The second kappa shape index (κ2) is 6.48. The first kappa shape index (κ1) is 15.0. The standard InChI is InChI=1S/C17H20O5/c1-2-21-16(18)15-14(11-7-9-20-10-8-11)12-5-3-4-6-13(12)22-17(15)19/h3-6,11,14-15H,2,7-10H2,1H3/t14-,15?/m1/s1. The zero-order chi connectivity index (χ0) is 15.5. The fraction of sp³-hybridized carbons (Fsp3) is 0.529. The third kappa shape index (κ3) is 2.73. The molecule has 5 heteroatoms. The highest BCUT2D eigenvalue weighted by molar-refractivity contribution is 5.98. The normalized spacial score (nSPS) is 25.2. The van der Waals surface area contributed by atoms with E-state index < -0.39 is 17.9 Å². The monoisotopic (exact) mass is 304 g/mol. The first-order valence-electron chi connectivity index (χ1n) is 7.77. The zero-order valence-corrected chi connectivity index (χ0v) is 12.6. The second-order valence-corrected chi connectivity index (χ2v) is 5.66. The van der Waals surface area contributed by atoms with Crippen molar-refractivity contribution in [3.8, 4) is 5.75 Å². The number of para-hydroxylation sites is 1. The number of rotatable bonds is 3. The largest absolute Gasteiger partial charge is 0.465 e. The predicted molar refractivity (Wildman–Crippen MR) is 78.5 cm³/mol. The number of fused-ring (bicyclic) bond motifs is 1. The zero-order valence-electron chi connectivity index (χ0n) is 12.6. The number of carbonyl (C=O) groups excluding carboxylic acids is 2. The summed E-state index contributed by atoms with van der Waals surface area (Å²) in [5, 5.41) is 0. The topological polar surface area (TPSA) is 61.8 Å². The summed E-state index contributed by atoms with van der Waals surface area (Å²) in [4.78, 5) is 24.7. The van der Waals surface area contributed by atoms with Crippen LogP contribution in [-0.2, 0) is 19.1 Å². The molecule has 0 aromatic heterocycles. The van der Waals surface area contributed by atoms with E-state index >= 15 is 0 Å². The van der Waals surface area contributed by atoms with Gasteiger partial charge in [-0.15, -0.1) is 0 Å². The molecule has 0 N–H and O–H groups in total. The van der Waals surface area contributed by atoms with E-state index in [0.717, 1.165) is 18.4 Å². The van der Waals surface area contributed by atoms with Crippen LogP contribution in [0.25, 0.3) is 0 Å². The fourth-order valence-corrected chi connectivity index (χ4v) is 3.42. The molecular formula is C17H20O5. The Morgan fingerprint density at radius 1 is 1.27 bits per heavy atom. The molecule has 1 saturated heterocycles. The molecule has 1 fully saturated rings. The molecule has 0 spiro atoms. The molecule has 1 unspecified atom stereocenters. The van der Waals surface area contributed by atoms with Gasteiger partial charge in [0.25, 0.3) is 0 Å². The van der Waals surface area contributed by atoms with Crippen LogP contribution in [0.1, 0.15) is 31.2 Å². The molecule has 0 aliphatic carbocycles. The van der Waals surface area contributed by atoms with Gasteiger partial charge in [-0.3, -0.25) is 9.59 Å². The molecule has 0 amide bonds. The summed E-state index contributed by atoms with van der Waals surface area (Å²) in [5.74, 6) is -1.29. The molecule has 0 saturated carbocycles. The Morgan fingerprint density at radius 3 is 2.73 bits per heavy atom. The van der Waals surface area contributed by atoms with Gasteiger partial charge in [0.1, 0.15) is 5.75 Å². The highest BCUT2D eigenvalue weighted by Gasteiger charge is 2.47. The van der Waals surface area contributed by atoms with Gasteiger partial charge in [0, 0.05) is 19.1 Å². The van der Waals surface area contributed by atoms with Gasteiger partial charge in [0.05, 0.1) is 6.61 Å². The van der Waals surface area contributed by atoms with Crippen molar-refractivity contribution in [1.29, 1.82) is 0 Å². The van der Waals surface area contributed by atoms with Crippen molar-refractivity contribution in [3.05, 3.63) is 29.8 Å². The third-order valence-electron chi connectivity index (χ3n) is 4.42. The highest BCUT2D eigenvalue weighted by Crippen LogP contribution is 2.45. The van der Waals surface area contributed by atoms with E-state index in [9.17, 15) is 9.59 Å². The van der Waals surface area contributed by atoms with E-state index in [2.05, 4.69) is 0 Å². The Bertz CT molecular complexity index is 562. The van der Waals surface area contributed by atoms with Crippen LogP contribution in [0.4, 0.5) is 0 Å². The van der Waals surface area contributed by atoms with Crippen LogP contribution in [0, 0.1) is 11.8 Å². The van der Waals surface area contributed by atoms with Crippen LogP contribution >= 0.6 is 0 Å². The molecule has 1 aromatic rings. The minimum Gasteiger partial charge on any atom is -0.465 e. The Kier molecular flexibility index (Phi) is 4.43. The molecule has 1 aromatic carbocycles. The van der Waals surface area contributed by atoms with Gasteiger partial charge in [-0.25, -0.2) is 0 Å². The van der Waals surface area contributed by atoms with Gasteiger partial charge < -0.3 is 14.2 Å². The van der Waals surface area contributed by atoms with E-state index in [1.165, 1.54) is 0 Å². The van der Waals surface area contributed by atoms with E-state index in [-0.39, 0.29) is 18.4 Å². The van der Waals surface area contributed by atoms with Crippen molar-refractivity contribution in [2.24, 2.45) is 11.8 Å². The van der Waals surface area contributed by atoms with Gasteiger partial charge in [-0.05, 0) is 37.3 Å². The van der Waals surface area contributed by atoms with E-state index in [0.29, 0.717) is 19.0 Å². The van der Waals surface area contributed by atoms with Crippen molar-refractivity contribution in [2.75, 3.05) is 19.8 Å². The molecule has 0 bridgehead atoms. The lowest BCUT2D eigenvalue weighted by atomic mass is 9.72. The quantitative estimate of drug-likeness (QED) is 0.487. The van der Waals surface area contributed by atoms with E-state index in [1.54, 1.807) is 13.0 Å². The van der Waals surface area contributed by atoms with E-state index in [1.807, 2.05) is 18.2 Å². The number of ether oxygens (including phenoxy) is 3. The van der Waals surface area contributed by atoms with Crippen LogP contribution in [0.3, 0.4) is 0 Å². The third-order valence-corrected chi connectivity index (χ3v) is 4.42. The van der Waals surface area contributed by atoms with Crippen molar-refractivity contribution in [3.63, 3.8) is 0 Å². The molecule has 118 valence electrons. The fourth-order valence-electron chi connectivity index (χ4n) is 3.42. The molecule has 2 aliphatic rings. The molecule has 2 heterocycles. The maximum absolute atomic E-state index is 12.4. The number of carbonyl (C=O) groups is 2. The van der Waals surface area contributed by atoms with Gasteiger partial charge in [0.2, 0.25) is 0 Å².